The average Bonchev–Trinajstić information content (AvgIpc) is 1.86. The first-order valence-electron chi connectivity index (χ1n) is 2.77. The summed E-state index contributed by atoms with van der Waals surface area (Å²) >= 11 is 0. The van der Waals surface area contributed by atoms with E-state index in [4.69, 9.17) is 9.66 Å². The first-order valence-corrected chi connectivity index (χ1v) is 4.21. The summed E-state index contributed by atoms with van der Waals surface area (Å²) in [6.45, 7) is 0. The molecule has 0 spiro atoms. The first kappa shape index (κ1) is 16.4. The molecule has 0 aromatic heterocycles. The molecule has 0 heterocycles. The molecule has 1 aromatic carbocycles. The van der Waals surface area contributed by atoms with E-state index in [1.54, 1.807) is 0 Å². The van der Waals surface area contributed by atoms with Gasteiger partial charge in [-0.3, -0.25) is 4.55 Å². The molecule has 4 nitrogen and oxygen atoms in total. The second-order valence-electron chi connectivity index (χ2n) is 1.97. The van der Waals surface area contributed by atoms with Gasteiger partial charge in [-0.2, -0.15) is 8.42 Å². The largest absolute Gasteiger partial charge is 1.00 e. The van der Waals surface area contributed by atoms with Gasteiger partial charge in [0.15, 0.2) is 0 Å². The first-order chi connectivity index (χ1) is 5.00. The number of hydrogen-bond donors (Lipinski definition) is 2. The fraction of sp³-hybridized carbons (Fsp3) is 0. The molecule has 13 heavy (non-hydrogen) atoms. The predicted molar refractivity (Wildman–Crippen MR) is 40.1 cm³/mol. The third-order valence-electron chi connectivity index (χ3n) is 1.12. The van der Waals surface area contributed by atoms with E-state index in [0.717, 1.165) is 6.07 Å². The van der Waals surface area contributed by atoms with Crippen molar-refractivity contribution in [1.29, 1.82) is 0 Å². The summed E-state index contributed by atoms with van der Waals surface area (Å²) in [7, 11) is -4.19. The molecular formula is C6H8Na2O4S. The van der Waals surface area contributed by atoms with Crippen molar-refractivity contribution < 1.29 is 80.0 Å². The van der Waals surface area contributed by atoms with Crippen molar-refractivity contribution in [3.8, 4) is 5.75 Å². The molecule has 0 saturated carbocycles. The Bertz CT molecular complexity index is 371. The van der Waals surface area contributed by atoms with Crippen LogP contribution >= 0.6 is 0 Å². The van der Waals surface area contributed by atoms with Gasteiger partial charge in [0.05, 0.1) is 4.90 Å². The molecule has 64 valence electrons. The molecule has 0 aliphatic heterocycles. The molecule has 0 bridgehead atoms. The van der Waals surface area contributed by atoms with Crippen LogP contribution in [0.25, 0.3) is 0 Å². The van der Waals surface area contributed by atoms with Gasteiger partial charge in [-0.15, -0.1) is 0 Å². The predicted octanol–water partition coefficient (Wildman–Crippen LogP) is -5.13. The third kappa shape index (κ3) is 5.39. The maximum Gasteiger partial charge on any atom is 1.00 e. The minimum atomic E-state index is -4.19. The van der Waals surface area contributed by atoms with Gasteiger partial charge < -0.3 is 7.96 Å². The van der Waals surface area contributed by atoms with Gasteiger partial charge in [0.25, 0.3) is 10.1 Å². The SMILES string of the molecule is O=S(=O)(O)c1cccc(O)c1.[H-].[H-].[Na+].[Na+]. The fourth-order valence-electron chi connectivity index (χ4n) is 0.644. The van der Waals surface area contributed by atoms with Crippen LogP contribution < -0.4 is 59.1 Å². The zero-order valence-corrected chi connectivity index (χ0v) is 12.2. The number of aromatic hydroxyl groups is 1. The normalized spacial score (nSPS) is 9.62. The molecule has 0 aliphatic carbocycles. The van der Waals surface area contributed by atoms with Crippen LogP contribution in [0.2, 0.25) is 0 Å². The molecule has 1 rings (SSSR count). The van der Waals surface area contributed by atoms with E-state index >= 15 is 0 Å². The minimum absolute atomic E-state index is 0. The van der Waals surface area contributed by atoms with Crippen LogP contribution in [0, 0.1) is 0 Å². The van der Waals surface area contributed by atoms with E-state index in [1.807, 2.05) is 0 Å². The van der Waals surface area contributed by atoms with Crippen molar-refractivity contribution >= 4 is 10.1 Å². The molecule has 7 heteroatoms. The molecule has 0 aliphatic rings. The van der Waals surface area contributed by atoms with E-state index in [9.17, 15) is 8.42 Å². The fourth-order valence-corrected chi connectivity index (χ4v) is 1.16. The number of phenols is 1. The van der Waals surface area contributed by atoms with Crippen molar-refractivity contribution in [1.82, 2.24) is 0 Å². The van der Waals surface area contributed by atoms with Crippen LogP contribution in [-0.4, -0.2) is 18.1 Å². The standard InChI is InChI=1S/C6H6O4S.2Na.2H/c7-5-2-1-3-6(4-5)11(8,9)10;;;;/h1-4,7H,(H,8,9,10);;;;/q;2*+1;2*-1. The Morgan fingerprint density at radius 2 is 1.77 bits per heavy atom. The third-order valence-corrected chi connectivity index (χ3v) is 1.97. The monoisotopic (exact) mass is 222 g/mol. The quantitative estimate of drug-likeness (QED) is 0.368. The summed E-state index contributed by atoms with van der Waals surface area (Å²) < 4.78 is 29.3. The zero-order valence-electron chi connectivity index (χ0n) is 9.43. The summed E-state index contributed by atoms with van der Waals surface area (Å²) in [5.41, 5.74) is 0. The van der Waals surface area contributed by atoms with Gasteiger partial charge >= 0.3 is 59.1 Å². The topological polar surface area (TPSA) is 74.6 Å². The molecule has 0 unspecified atom stereocenters. The van der Waals surface area contributed by atoms with E-state index in [2.05, 4.69) is 0 Å². The van der Waals surface area contributed by atoms with Crippen LogP contribution in [0.5, 0.6) is 5.75 Å². The molecule has 0 amide bonds. The number of benzene rings is 1. The van der Waals surface area contributed by atoms with Crippen LogP contribution in [0.1, 0.15) is 2.85 Å². The van der Waals surface area contributed by atoms with E-state index in [-0.39, 0.29) is 72.6 Å². The maximum atomic E-state index is 10.4. The Morgan fingerprint density at radius 1 is 1.23 bits per heavy atom. The Hall–Kier alpha value is 0.930. The summed E-state index contributed by atoms with van der Waals surface area (Å²) in [5.74, 6) is -0.194. The second kappa shape index (κ2) is 6.42. The van der Waals surface area contributed by atoms with Crippen molar-refractivity contribution in [3.63, 3.8) is 0 Å². The smallest absolute Gasteiger partial charge is 1.00 e. The van der Waals surface area contributed by atoms with Gasteiger partial charge in [0, 0.05) is 6.07 Å². The van der Waals surface area contributed by atoms with Crippen molar-refractivity contribution in [2.24, 2.45) is 0 Å². The Labute approximate surface area is 124 Å². The van der Waals surface area contributed by atoms with Crippen molar-refractivity contribution in [2.45, 2.75) is 4.90 Å². The minimum Gasteiger partial charge on any atom is -1.00 e. The van der Waals surface area contributed by atoms with E-state index in [0.29, 0.717) is 0 Å². The average molecular weight is 222 g/mol. The molecule has 0 fully saturated rings. The summed E-state index contributed by atoms with van der Waals surface area (Å²) in [6, 6.07) is 4.80. The Kier molecular flexibility index (Phi) is 8.08. The van der Waals surface area contributed by atoms with Gasteiger partial charge in [0.2, 0.25) is 0 Å². The molecule has 2 N–H and O–H groups in total. The number of phenolic OH excluding ortho intramolecular Hbond substituents is 1. The second-order valence-corrected chi connectivity index (χ2v) is 3.39. The molecule has 0 atom stereocenters. The Balaban J connectivity index is -0.000000151. The van der Waals surface area contributed by atoms with Crippen LogP contribution in [0.15, 0.2) is 29.2 Å². The number of hydrogen-bond acceptors (Lipinski definition) is 3. The van der Waals surface area contributed by atoms with Crippen LogP contribution in [0.4, 0.5) is 0 Å². The van der Waals surface area contributed by atoms with Crippen molar-refractivity contribution in [2.75, 3.05) is 0 Å². The summed E-state index contributed by atoms with van der Waals surface area (Å²) in [5, 5.41) is 8.80. The van der Waals surface area contributed by atoms with Gasteiger partial charge in [-0.1, -0.05) is 6.07 Å². The molecule has 0 radical (unpaired) electrons. The molecular weight excluding hydrogens is 214 g/mol. The Morgan fingerprint density at radius 3 is 2.08 bits per heavy atom. The van der Waals surface area contributed by atoms with E-state index in [1.165, 1.54) is 18.2 Å². The zero-order chi connectivity index (χ0) is 8.48. The summed E-state index contributed by atoms with van der Waals surface area (Å²) in [6.07, 6.45) is 0. The number of rotatable bonds is 1. The van der Waals surface area contributed by atoms with Gasteiger partial charge in [-0.05, 0) is 12.1 Å². The molecule has 0 saturated heterocycles. The maximum absolute atomic E-state index is 10.4. The van der Waals surface area contributed by atoms with E-state index < -0.39 is 10.1 Å². The van der Waals surface area contributed by atoms with Gasteiger partial charge in [0.1, 0.15) is 5.75 Å². The summed E-state index contributed by atoms with van der Waals surface area (Å²) in [4.78, 5) is -0.308. The van der Waals surface area contributed by atoms with Crippen LogP contribution in [-0.2, 0) is 10.1 Å². The van der Waals surface area contributed by atoms with Crippen LogP contribution in [0.3, 0.4) is 0 Å². The van der Waals surface area contributed by atoms with Gasteiger partial charge in [-0.25, -0.2) is 0 Å². The molecule has 1 aromatic rings. The van der Waals surface area contributed by atoms with Crippen molar-refractivity contribution in [3.05, 3.63) is 24.3 Å².